The fourth-order valence-electron chi connectivity index (χ4n) is 1.79. The van der Waals surface area contributed by atoms with E-state index in [1.165, 1.54) is 0 Å². The lowest BCUT2D eigenvalue weighted by Crippen LogP contribution is -2.30. The zero-order valence-corrected chi connectivity index (χ0v) is 11.7. The maximum absolute atomic E-state index is 11.8. The Labute approximate surface area is 103 Å². The highest BCUT2D eigenvalue weighted by molar-refractivity contribution is 5.77. The Bertz CT molecular complexity index is 401. The second kappa shape index (κ2) is 4.90. The third-order valence-electron chi connectivity index (χ3n) is 2.81. The second-order valence-corrected chi connectivity index (χ2v) is 5.84. The van der Waals surface area contributed by atoms with Gasteiger partial charge in [-0.15, -0.1) is 0 Å². The molecule has 0 radical (unpaired) electrons. The fraction of sp³-hybridized carbons (Fsp3) is 0.692. The lowest BCUT2D eigenvalue weighted by molar-refractivity contribution is -0.123. The highest BCUT2D eigenvalue weighted by Crippen LogP contribution is 2.20. The summed E-state index contributed by atoms with van der Waals surface area (Å²) in [6.45, 7) is 10.2. The van der Waals surface area contributed by atoms with Crippen molar-refractivity contribution in [3.05, 3.63) is 17.5 Å². The molecule has 0 aliphatic rings. The van der Waals surface area contributed by atoms with Gasteiger partial charge in [-0.3, -0.25) is 9.48 Å². The Balaban J connectivity index is 2.64. The highest BCUT2D eigenvalue weighted by Gasteiger charge is 2.19. The van der Waals surface area contributed by atoms with E-state index in [1.54, 1.807) is 0 Å². The van der Waals surface area contributed by atoms with E-state index in [-0.39, 0.29) is 17.4 Å². The van der Waals surface area contributed by atoms with Crippen molar-refractivity contribution < 1.29 is 4.79 Å². The summed E-state index contributed by atoms with van der Waals surface area (Å²) in [6, 6.07) is 0.0125. The van der Waals surface area contributed by atoms with Crippen molar-refractivity contribution in [3.63, 3.8) is 0 Å². The smallest absolute Gasteiger partial charge is 0.220 e. The molecular formula is C13H23N3O. The summed E-state index contributed by atoms with van der Waals surface area (Å²) in [5.74, 6) is 0.0910. The van der Waals surface area contributed by atoms with Gasteiger partial charge in [0, 0.05) is 24.7 Å². The van der Waals surface area contributed by atoms with Crippen LogP contribution in [0.1, 0.15) is 51.4 Å². The number of amides is 1. The average Bonchev–Trinajstić information content (AvgIpc) is 2.44. The number of rotatable bonds is 3. The molecule has 0 aliphatic heterocycles. The monoisotopic (exact) mass is 237 g/mol. The van der Waals surface area contributed by atoms with Crippen molar-refractivity contribution in [1.29, 1.82) is 0 Å². The summed E-state index contributed by atoms with van der Waals surface area (Å²) in [4.78, 5) is 11.8. The molecule has 0 aromatic carbocycles. The van der Waals surface area contributed by atoms with Crippen molar-refractivity contribution in [3.8, 4) is 0 Å². The third kappa shape index (κ3) is 3.88. The van der Waals surface area contributed by atoms with Crippen LogP contribution in [-0.2, 0) is 11.8 Å². The number of nitrogens with zero attached hydrogens (tertiary/aromatic N) is 2. The van der Waals surface area contributed by atoms with Gasteiger partial charge in [0.15, 0.2) is 0 Å². The average molecular weight is 237 g/mol. The zero-order valence-electron chi connectivity index (χ0n) is 11.7. The molecule has 1 aromatic heterocycles. The quantitative estimate of drug-likeness (QED) is 0.877. The van der Waals surface area contributed by atoms with Gasteiger partial charge in [-0.05, 0) is 19.3 Å². The van der Waals surface area contributed by atoms with Gasteiger partial charge >= 0.3 is 0 Å². The summed E-state index contributed by atoms with van der Waals surface area (Å²) in [5, 5.41) is 7.20. The Kier molecular flexibility index (Phi) is 3.96. The predicted octanol–water partition coefficient (Wildman–Crippen LogP) is 2.34. The van der Waals surface area contributed by atoms with Crippen molar-refractivity contribution in [2.45, 2.75) is 47.1 Å². The van der Waals surface area contributed by atoms with Crippen LogP contribution in [0.2, 0.25) is 0 Å². The lowest BCUT2D eigenvalue weighted by atomic mass is 9.92. The largest absolute Gasteiger partial charge is 0.349 e. The van der Waals surface area contributed by atoms with Crippen LogP contribution >= 0.6 is 0 Å². The second-order valence-electron chi connectivity index (χ2n) is 5.84. The minimum atomic E-state index is 0.0125. The van der Waals surface area contributed by atoms with E-state index in [0.29, 0.717) is 6.42 Å². The Hall–Kier alpha value is -1.32. The maximum Gasteiger partial charge on any atom is 0.220 e. The maximum atomic E-state index is 11.8. The summed E-state index contributed by atoms with van der Waals surface area (Å²) in [6.07, 6.45) is 2.36. The van der Waals surface area contributed by atoms with E-state index in [0.717, 1.165) is 11.3 Å². The number of carbonyl (C=O) groups is 1. The molecule has 0 bridgehead atoms. The van der Waals surface area contributed by atoms with E-state index in [4.69, 9.17) is 0 Å². The normalized spacial score (nSPS) is 13.5. The molecule has 0 saturated carbocycles. The number of nitrogens with one attached hydrogen (secondary N) is 1. The number of hydrogen-bond donors (Lipinski definition) is 1. The number of hydrogen-bond acceptors (Lipinski definition) is 2. The van der Waals surface area contributed by atoms with Crippen LogP contribution in [0.5, 0.6) is 0 Å². The first-order valence-electron chi connectivity index (χ1n) is 5.98. The Morgan fingerprint density at radius 1 is 1.53 bits per heavy atom. The van der Waals surface area contributed by atoms with Gasteiger partial charge in [-0.1, -0.05) is 20.8 Å². The van der Waals surface area contributed by atoms with Crippen LogP contribution < -0.4 is 5.32 Å². The summed E-state index contributed by atoms with van der Waals surface area (Å²) >= 11 is 0. The Morgan fingerprint density at radius 2 is 2.12 bits per heavy atom. The highest BCUT2D eigenvalue weighted by atomic mass is 16.1. The van der Waals surface area contributed by atoms with Crippen molar-refractivity contribution in [1.82, 2.24) is 15.1 Å². The van der Waals surface area contributed by atoms with Crippen molar-refractivity contribution >= 4 is 5.91 Å². The van der Waals surface area contributed by atoms with Gasteiger partial charge in [0.2, 0.25) is 5.91 Å². The SMILES string of the molecule is Cc1c(C(C)NC(=O)CC(C)(C)C)cnn1C. The molecule has 1 rings (SSSR count). The van der Waals surface area contributed by atoms with Crippen LogP contribution in [0.15, 0.2) is 6.20 Å². The lowest BCUT2D eigenvalue weighted by Gasteiger charge is -2.20. The standard InChI is InChI=1S/C13H23N3O/c1-9(11-8-14-16(6)10(11)2)15-12(17)7-13(3,4)5/h8-9H,7H2,1-6H3,(H,15,17). The molecule has 4 nitrogen and oxygen atoms in total. The molecule has 1 N–H and O–H groups in total. The third-order valence-corrected chi connectivity index (χ3v) is 2.81. The minimum absolute atomic E-state index is 0.0125. The van der Waals surface area contributed by atoms with E-state index >= 15 is 0 Å². The first kappa shape index (κ1) is 13.7. The number of aromatic nitrogens is 2. The van der Waals surface area contributed by atoms with Gasteiger partial charge in [0.25, 0.3) is 0 Å². The zero-order chi connectivity index (χ0) is 13.2. The molecule has 96 valence electrons. The summed E-state index contributed by atoms with van der Waals surface area (Å²) in [7, 11) is 1.91. The number of carbonyl (C=O) groups excluding carboxylic acids is 1. The first-order valence-corrected chi connectivity index (χ1v) is 5.98. The van der Waals surface area contributed by atoms with Crippen LogP contribution in [-0.4, -0.2) is 15.7 Å². The molecule has 0 saturated heterocycles. The summed E-state index contributed by atoms with van der Waals surface area (Å²) in [5.41, 5.74) is 2.19. The molecule has 1 atom stereocenters. The first-order chi connectivity index (χ1) is 7.70. The van der Waals surface area contributed by atoms with E-state index in [2.05, 4.69) is 31.2 Å². The van der Waals surface area contributed by atoms with Gasteiger partial charge in [-0.2, -0.15) is 5.10 Å². The Morgan fingerprint density at radius 3 is 2.53 bits per heavy atom. The van der Waals surface area contributed by atoms with Gasteiger partial charge in [0.1, 0.15) is 0 Å². The van der Waals surface area contributed by atoms with E-state index < -0.39 is 0 Å². The molecule has 0 spiro atoms. The van der Waals surface area contributed by atoms with Crippen LogP contribution in [0.4, 0.5) is 0 Å². The van der Waals surface area contributed by atoms with Crippen LogP contribution in [0, 0.1) is 12.3 Å². The minimum Gasteiger partial charge on any atom is -0.349 e. The van der Waals surface area contributed by atoms with Crippen LogP contribution in [0.25, 0.3) is 0 Å². The fourth-order valence-corrected chi connectivity index (χ4v) is 1.79. The van der Waals surface area contributed by atoms with Crippen molar-refractivity contribution in [2.75, 3.05) is 0 Å². The molecule has 17 heavy (non-hydrogen) atoms. The van der Waals surface area contributed by atoms with Gasteiger partial charge in [0.05, 0.1) is 12.2 Å². The van der Waals surface area contributed by atoms with E-state index in [9.17, 15) is 4.79 Å². The van der Waals surface area contributed by atoms with Crippen molar-refractivity contribution in [2.24, 2.45) is 12.5 Å². The molecule has 0 fully saturated rings. The molecule has 1 aromatic rings. The molecule has 1 heterocycles. The topological polar surface area (TPSA) is 46.9 Å². The molecule has 1 unspecified atom stereocenters. The predicted molar refractivity (Wildman–Crippen MR) is 68.6 cm³/mol. The molecule has 4 heteroatoms. The molecule has 0 aliphatic carbocycles. The van der Waals surface area contributed by atoms with E-state index in [1.807, 2.05) is 31.8 Å². The number of aryl methyl sites for hydroxylation is 1. The van der Waals surface area contributed by atoms with Gasteiger partial charge in [-0.25, -0.2) is 0 Å². The molecule has 1 amide bonds. The van der Waals surface area contributed by atoms with Gasteiger partial charge < -0.3 is 5.32 Å². The van der Waals surface area contributed by atoms with Crippen LogP contribution in [0.3, 0.4) is 0 Å². The summed E-state index contributed by atoms with van der Waals surface area (Å²) < 4.78 is 1.82. The molecular weight excluding hydrogens is 214 g/mol.